The van der Waals surface area contributed by atoms with E-state index in [2.05, 4.69) is 19.1 Å². The van der Waals surface area contributed by atoms with Crippen molar-refractivity contribution in [3.05, 3.63) is 77.9 Å². The third-order valence-corrected chi connectivity index (χ3v) is 6.60. The van der Waals surface area contributed by atoms with Crippen molar-refractivity contribution in [2.45, 2.75) is 32.2 Å². The molecule has 0 bridgehead atoms. The van der Waals surface area contributed by atoms with E-state index < -0.39 is 0 Å². The molecule has 2 aliphatic rings. The number of hydrogen-bond donors (Lipinski definition) is 0. The van der Waals surface area contributed by atoms with Gasteiger partial charge >= 0.3 is 0 Å². The summed E-state index contributed by atoms with van der Waals surface area (Å²) in [6.07, 6.45) is 2.36. The fourth-order valence-corrected chi connectivity index (χ4v) is 5.01. The van der Waals surface area contributed by atoms with Crippen LogP contribution in [0.5, 0.6) is 0 Å². The number of likely N-dealkylation sites (tertiary alicyclic amines) is 1. The van der Waals surface area contributed by atoms with Crippen molar-refractivity contribution in [2.75, 3.05) is 18.0 Å². The lowest BCUT2D eigenvalue weighted by Gasteiger charge is -2.34. The molecule has 30 heavy (non-hydrogen) atoms. The first-order valence-electron chi connectivity index (χ1n) is 10.8. The van der Waals surface area contributed by atoms with Gasteiger partial charge in [-0.05, 0) is 54.7 Å². The van der Waals surface area contributed by atoms with Crippen molar-refractivity contribution in [3.63, 3.8) is 0 Å². The molecule has 2 aliphatic heterocycles. The topological polar surface area (TPSA) is 40.6 Å². The van der Waals surface area contributed by atoms with Crippen LogP contribution in [-0.4, -0.2) is 35.8 Å². The minimum absolute atomic E-state index is 0.0184. The van der Waals surface area contributed by atoms with Crippen molar-refractivity contribution >= 4 is 28.3 Å². The molecule has 1 unspecified atom stereocenters. The lowest BCUT2D eigenvalue weighted by Crippen LogP contribution is -2.46. The predicted octanol–water partition coefficient (Wildman–Crippen LogP) is 4.67. The minimum atomic E-state index is -0.0184. The molecule has 152 valence electrons. The van der Waals surface area contributed by atoms with Crippen LogP contribution in [0.4, 0.5) is 5.69 Å². The largest absolute Gasteiger partial charge is 0.339 e. The average Bonchev–Trinajstić information content (AvgIpc) is 3.13. The molecule has 4 heteroatoms. The summed E-state index contributed by atoms with van der Waals surface area (Å²) in [6.45, 7) is 3.38. The Morgan fingerprint density at radius 2 is 1.57 bits per heavy atom. The summed E-state index contributed by atoms with van der Waals surface area (Å²) in [7, 11) is 0. The molecule has 4 nitrogen and oxygen atoms in total. The van der Waals surface area contributed by atoms with Crippen LogP contribution in [0.2, 0.25) is 0 Å². The first kappa shape index (κ1) is 18.9. The van der Waals surface area contributed by atoms with Gasteiger partial charge in [0.05, 0.1) is 0 Å². The zero-order valence-electron chi connectivity index (χ0n) is 17.3. The highest BCUT2D eigenvalue weighted by Gasteiger charge is 2.36. The number of anilines is 1. The third kappa shape index (κ3) is 3.17. The molecule has 0 N–H and O–H groups in total. The van der Waals surface area contributed by atoms with Crippen LogP contribution in [0.3, 0.4) is 0 Å². The van der Waals surface area contributed by atoms with Crippen molar-refractivity contribution < 1.29 is 9.59 Å². The summed E-state index contributed by atoms with van der Waals surface area (Å²) in [4.78, 5) is 30.4. The first-order valence-corrected chi connectivity index (χ1v) is 10.8. The number of carbonyl (C=O) groups excluding carboxylic acids is 2. The molecule has 0 aromatic heterocycles. The Bertz CT molecular complexity index is 1110. The summed E-state index contributed by atoms with van der Waals surface area (Å²) >= 11 is 0. The lowest BCUT2D eigenvalue weighted by atomic mass is 9.94. The highest BCUT2D eigenvalue weighted by atomic mass is 16.2. The Labute approximate surface area is 177 Å². The van der Waals surface area contributed by atoms with Gasteiger partial charge in [-0.15, -0.1) is 0 Å². The number of amides is 2. The van der Waals surface area contributed by atoms with Crippen LogP contribution >= 0.6 is 0 Å². The number of hydrogen-bond acceptors (Lipinski definition) is 2. The molecule has 0 saturated carbocycles. The van der Waals surface area contributed by atoms with E-state index in [1.54, 1.807) is 0 Å². The second-order valence-electron chi connectivity index (χ2n) is 8.48. The number of carbonyl (C=O) groups is 2. The van der Waals surface area contributed by atoms with E-state index in [1.807, 2.05) is 64.4 Å². The molecule has 0 spiro atoms. The molecule has 1 fully saturated rings. The SMILES string of the molecule is CC1Cc2ccccc2N1C(=O)C1CCN(C(=O)c2cccc3ccccc23)CC1. The summed E-state index contributed by atoms with van der Waals surface area (Å²) < 4.78 is 0. The molecule has 3 aromatic rings. The Balaban J connectivity index is 1.30. The fourth-order valence-electron chi connectivity index (χ4n) is 5.01. The molecular weight excluding hydrogens is 372 g/mol. The molecule has 1 atom stereocenters. The van der Waals surface area contributed by atoms with Crippen LogP contribution in [0.15, 0.2) is 66.7 Å². The number of para-hydroxylation sites is 1. The minimum Gasteiger partial charge on any atom is -0.339 e. The molecule has 2 heterocycles. The van der Waals surface area contributed by atoms with Crippen molar-refractivity contribution in [1.82, 2.24) is 4.90 Å². The number of rotatable bonds is 2. The smallest absolute Gasteiger partial charge is 0.254 e. The molecule has 3 aromatic carbocycles. The predicted molar refractivity (Wildman–Crippen MR) is 120 cm³/mol. The van der Waals surface area contributed by atoms with Gasteiger partial charge in [-0.25, -0.2) is 0 Å². The van der Waals surface area contributed by atoms with E-state index in [0.29, 0.717) is 13.1 Å². The molecular formula is C26H26N2O2. The number of benzene rings is 3. The normalized spacial score (nSPS) is 19.2. The molecule has 0 aliphatic carbocycles. The van der Waals surface area contributed by atoms with Crippen molar-refractivity contribution in [2.24, 2.45) is 5.92 Å². The van der Waals surface area contributed by atoms with Crippen molar-refractivity contribution in [3.8, 4) is 0 Å². The van der Waals surface area contributed by atoms with Gasteiger partial charge in [-0.2, -0.15) is 0 Å². The second-order valence-corrected chi connectivity index (χ2v) is 8.48. The van der Waals surface area contributed by atoms with Gasteiger partial charge in [0.1, 0.15) is 0 Å². The number of piperidine rings is 1. The summed E-state index contributed by atoms with van der Waals surface area (Å²) in [5, 5.41) is 2.07. The second kappa shape index (κ2) is 7.60. The van der Waals surface area contributed by atoms with Gasteiger partial charge in [-0.1, -0.05) is 54.6 Å². The molecule has 0 radical (unpaired) electrons. The van der Waals surface area contributed by atoms with Gasteiger partial charge in [0.2, 0.25) is 5.91 Å². The van der Waals surface area contributed by atoms with Crippen LogP contribution in [-0.2, 0) is 11.2 Å². The van der Waals surface area contributed by atoms with E-state index in [9.17, 15) is 9.59 Å². The maximum Gasteiger partial charge on any atom is 0.254 e. The molecule has 1 saturated heterocycles. The van der Waals surface area contributed by atoms with Crippen LogP contribution in [0.1, 0.15) is 35.7 Å². The van der Waals surface area contributed by atoms with E-state index in [-0.39, 0.29) is 23.8 Å². The molecule has 5 rings (SSSR count). The van der Waals surface area contributed by atoms with E-state index in [0.717, 1.165) is 41.3 Å². The van der Waals surface area contributed by atoms with Gasteiger partial charge in [0.25, 0.3) is 5.91 Å². The number of nitrogens with zero attached hydrogens (tertiary/aromatic N) is 2. The van der Waals surface area contributed by atoms with Gasteiger partial charge in [-0.3, -0.25) is 9.59 Å². The highest BCUT2D eigenvalue weighted by Crippen LogP contribution is 2.35. The van der Waals surface area contributed by atoms with Crippen LogP contribution in [0, 0.1) is 5.92 Å². The van der Waals surface area contributed by atoms with E-state index in [4.69, 9.17) is 0 Å². The summed E-state index contributed by atoms with van der Waals surface area (Å²) in [5.41, 5.74) is 3.06. The van der Waals surface area contributed by atoms with Gasteiger partial charge in [0.15, 0.2) is 0 Å². The van der Waals surface area contributed by atoms with E-state index in [1.165, 1.54) is 5.56 Å². The monoisotopic (exact) mass is 398 g/mol. The van der Waals surface area contributed by atoms with Crippen LogP contribution < -0.4 is 4.90 Å². The lowest BCUT2D eigenvalue weighted by molar-refractivity contribution is -0.124. The van der Waals surface area contributed by atoms with Crippen molar-refractivity contribution in [1.29, 1.82) is 0 Å². The van der Waals surface area contributed by atoms with Gasteiger partial charge < -0.3 is 9.80 Å². The Kier molecular flexibility index (Phi) is 4.78. The Hall–Kier alpha value is -3.14. The average molecular weight is 399 g/mol. The fraction of sp³-hybridized carbons (Fsp3) is 0.308. The maximum atomic E-state index is 13.3. The van der Waals surface area contributed by atoms with Crippen LogP contribution in [0.25, 0.3) is 10.8 Å². The quantitative estimate of drug-likeness (QED) is 0.629. The Morgan fingerprint density at radius 3 is 2.40 bits per heavy atom. The van der Waals surface area contributed by atoms with Gasteiger partial charge in [0, 0.05) is 36.3 Å². The first-order chi connectivity index (χ1) is 14.6. The Morgan fingerprint density at radius 1 is 0.867 bits per heavy atom. The highest BCUT2D eigenvalue weighted by molar-refractivity contribution is 6.07. The maximum absolute atomic E-state index is 13.3. The number of fused-ring (bicyclic) bond motifs is 2. The molecule has 2 amide bonds. The summed E-state index contributed by atoms with van der Waals surface area (Å²) in [6, 6.07) is 22.3. The standard InChI is InChI=1S/C26H26N2O2/c1-18-17-21-8-3-5-12-24(21)28(18)25(29)20-13-15-27(16-14-20)26(30)23-11-6-9-19-7-2-4-10-22(19)23/h2-12,18,20H,13-17H2,1H3. The zero-order chi connectivity index (χ0) is 20.7. The third-order valence-electron chi connectivity index (χ3n) is 6.60. The summed E-state index contributed by atoms with van der Waals surface area (Å²) in [5.74, 6) is 0.262. The zero-order valence-corrected chi connectivity index (χ0v) is 17.3. The van der Waals surface area contributed by atoms with E-state index >= 15 is 0 Å².